The number of halogens is 1. The fraction of sp³-hybridized carbons (Fsp3) is 0.556. The van der Waals surface area contributed by atoms with Gasteiger partial charge in [0.25, 0.3) is 0 Å². The number of piperidine rings is 1. The number of nitrogens with one attached hydrogen (secondary N) is 2. The number of carbonyl (C=O) groups excluding carboxylic acids is 2. The molecule has 0 saturated carbocycles. The molecular formula is C18H22ClN3O2S. The second-order valence-corrected chi connectivity index (χ2v) is 8.89. The molecule has 3 heterocycles. The third-order valence-electron chi connectivity index (χ3n) is 5.51. The summed E-state index contributed by atoms with van der Waals surface area (Å²) in [4.78, 5) is 27.9. The minimum Gasteiger partial charge on any atom is -0.343 e. The number of hydrogen-bond acceptors (Lipinski definition) is 4. The summed E-state index contributed by atoms with van der Waals surface area (Å²) in [6, 6.07) is 6.82. The fourth-order valence-corrected chi connectivity index (χ4v) is 5.36. The molecule has 0 spiro atoms. The molecule has 2 amide bonds. The van der Waals surface area contributed by atoms with Crippen LogP contribution in [-0.4, -0.2) is 47.1 Å². The van der Waals surface area contributed by atoms with Gasteiger partial charge in [0.2, 0.25) is 11.8 Å². The highest BCUT2D eigenvalue weighted by atomic mass is 35.5. The molecular weight excluding hydrogens is 358 g/mol. The van der Waals surface area contributed by atoms with E-state index >= 15 is 0 Å². The van der Waals surface area contributed by atoms with Crippen LogP contribution < -0.4 is 10.6 Å². The zero-order valence-corrected chi connectivity index (χ0v) is 15.7. The van der Waals surface area contributed by atoms with Gasteiger partial charge in [-0.25, -0.2) is 0 Å². The molecule has 2 saturated heterocycles. The Morgan fingerprint density at radius 3 is 2.76 bits per heavy atom. The molecule has 3 unspecified atom stereocenters. The molecule has 0 aromatic heterocycles. The van der Waals surface area contributed by atoms with E-state index in [9.17, 15) is 9.59 Å². The van der Waals surface area contributed by atoms with Crippen molar-refractivity contribution in [3.63, 3.8) is 0 Å². The Morgan fingerprint density at radius 2 is 2.04 bits per heavy atom. The summed E-state index contributed by atoms with van der Waals surface area (Å²) in [7, 11) is 1.89. The molecule has 4 rings (SSSR count). The predicted octanol–water partition coefficient (Wildman–Crippen LogP) is 2.88. The molecule has 5 nitrogen and oxygen atoms in total. The van der Waals surface area contributed by atoms with Gasteiger partial charge in [0.1, 0.15) is 0 Å². The van der Waals surface area contributed by atoms with Crippen molar-refractivity contribution >= 4 is 40.9 Å². The molecule has 3 aliphatic heterocycles. The SMILES string of the molecule is CN(C(=O)CC1Sc2ccc(Cl)cc2NC1=O)C1CC2CCC(C1)N2. The van der Waals surface area contributed by atoms with Crippen molar-refractivity contribution in [2.24, 2.45) is 0 Å². The van der Waals surface area contributed by atoms with Crippen LogP contribution in [0.1, 0.15) is 32.1 Å². The average Bonchev–Trinajstić information content (AvgIpc) is 2.93. The monoisotopic (exact) mass is 379 g/mol. The third kappa shape index (κ3) is 3.52. The Balaban J connectivity index is 1.40. The maximum absolute atomic E-state index is 12.7. The van der Waals surface area contributed by atoms with E-state index in [0.717, 1.165) is 23.4 Å². The highest BCUT2D eigenvalue weighted by Gasteiger charge is 2.37. The number of hydrogen-bond donors (Lipinski definition) is 2. The lowest BCUT2D eigenvalue weighted by atomic mass is 9.98. The number of rotatable bonds is 3. The standard InChI is InChI=1S/C18H22ClN3O2S/c1-22(13-7-11-3-4-12(8-13)20-11)17(23)9-16-18(24)21-14-6-10(19)2-5-15(14)25-16/h2,5-6,11-13,16,20H,3-4,7-9H2,1H3,(H,21,24). The van der Waals surface area contributed by atoms with Gasteiger partial charge in [-0.2, -0.15) is 0 Å². The number of nitrogens with zero attached hydrogens (tertiary/aromatic N) is 1. The summed E-state index contributed by atoms with van der Waals surface area (Å²) >= 11 is 7.42. The molecule has 1 aromatic carbocycles. The maximum Gasteiger partial charge on any atom is 0.238 e. The van der Waals surface area contributed by atoms with Gasteiger partial charge in [0, 0.05) is 41.5 Å². The summed E-state index contributed by atoms with van der Waals surface area (Å²) in [6.07, 6.45) is 4.69. The summed E-state index contributed by atoms with van der Waals surface area (Å²) in [5, 5.41) is 6.68. The van der Waals surface area contributed by atoms with Crippen LogP contribution in [0.3, 0.4) is 0 Å². The lowest BCUT2D eigenvalue weighted by Crippen LogP contribution is -2.49. The quantitative estimate of drug-likeness (QED) is 0.847. The van der Waals surface area contributed by atoms with E-state index in [0.29, 0.717) is 17.1 Å². The van der Waals surface area contributed by atoms with E-state index < -0.39 is 0 Å². The first kappa shape index (κ1) is 17.2. The van der Waals surface area contributed by atoms with Crippen molar-refractivity contribution in [2.45, 2.75) is 60.4 Å². The first-order chi connectivity index (χ1) is 12.0. The summed E-state index contributed by atoms with van der Waals surface area (Å²) in [6.45, 7) is 0. The zero-order chi connectivity index (χ0) is 17.6. The minimum atomic E-state index is -0.387. The predicted molar refractivity (Wildman–Crippen MR) is 100 cm³/mol. The topological polar surface area (TPSA) is 61.4 Å². The minimum absolute atomic E-state index is 0.0522. The maximum atomic E-state index is 12.7. The fourth-order valence-electron chi connectivity index (χ4n) is 4.11. The van der Waals surface area contributed by atoms with Crippen LogP contribution in [0.5, 0.6) is 0 Å². The van der Waals surface area contributed by atoms with Gasteiger partial charge in [-0.1, -0.05) is 11.6 Å². The van der Waals surface area contributed by atoms with Gasteiger partial charge in [-0.15, -0.1) is 11.8 Å². The van der Waals surface area contributed by atoms with E-state index in [4.69, 9.17) is 11.6 Å². The molecule has 25 heavy (non-hydrogen) atoms. The second kappa shape index (κ2) is 6.82. The number of amides is 2. The van der Waals surface area contributed by atoms with Crippen molar-refractivity contribution in [3.8, 4) is 0 Å². The molecule has 3 aliphatic rings. The van der Waals surface area contributed by atoms with Crippen molar-refractivity contribution < 1.29 is 9.59 Å². The smallest absolute Gasteiger partial charge is 0.238 e. The number of anilines is 1. The Bertz CT molecular complexity index is 702. The van der Waals surface area contributed by atoms with Crippen LogP contribution in [-0.2, 0) is 9.59 Å². The van der Waals surface area contributed by atoms with Gasteiger partial charge < -0.3 is 15.5 Å². The second-order valence-electron chi connectivity index (χ2n) is 7.21. The van der Waals surface area contributed by atoms with Crippen LogP contribution in [0.4, 0.5) is 5.69 Å². The lowest BCUT2D eigenvalue weighted by Gasteiger charge is -2.36. The van der Waals surface area contributed by atoms with Crippen LogP contribution >= 0.6 is 23.4 Å². The molecule has 134 valence electrons. The molecule has 2 bridgehead atoms. The highest BCUT2D eigenvalue weighted by Crippen LogP contribution is 2.38. The van der Waals surface area contributed by atoms with Gasteiger partial charge in [-0.3, -0.25) is 9.59 Å². The van der Waals surface area contributed by atoms with Gasteiger partial charge in [0.05, 0.1) is 10.9 Å². The van der Waals surface area contributed by atoms with E-state index in [1.165, 1.54) is 24.6 Å². The molecule has 7 heteroatoms. The number of fused-ring (bicyclic) bond motifs is 3. The van der Waals surface area contributed by atoms with Gasteiger partial charge in [-0.05, 0) is 43.9 Å². The normalized spacial score (nSPS) is 30.6. The van der Waals surface area contributed by atoms with Gasteiger partial charge in [0.15, 0.2) is 0 Å². The van der Waals surface area contributed by atoms with E-state index in [1.807, 2.05) is 18.0 Å². The van der Waals surface area contributed by atoms with Crippen LogP contribution in [0, 0.1) is 0 Å². The Labute approximate surface area is 156 Å². The van der Waals surface area contributed by atoms with E-state index in [2.05, 4.69) is 10.6 Å². The van der Waals surface area contributed by atoms with E-state index in [-0.39, 0.29) is 29.5 Å². The molecule has 2 fully saturated rings. The Morgan fingerprint density at radius 1 is 1.32 bits per heavy atom. The first-order valence-electron chi connectivity index (χ1n) is 8.78. The zero-order valence-electron chi connectivity index (χ0n) is 14.1. The van der Waals surface area contributed by atoms with Crippen molar-refractivity contribution in [1.82, 2.24) is 10.2 Å². The number of benzene rings is 1. The number of carbonyl (C=O) groups is 2. The average molecular weight is 380 g/mol. The van der Waals surface area contributed by atoms with Crippen molar-refractivity contribution in [3.05, 3.63) is 23.2 Å². The third-order valence-corrected chi connectivity index (χ3v) is 7.02. The Kier molecular flexibility index (Phi) is 4.69. The van der Waals surface area contributed by atoms with Gasteiger partial charge >= 0.3 is 0 Å². The molecule has 0 radical (unpaired) electrons. The summed E-state index contributed by atoms with van der Waals surface area (Å²) in [5.74, 6) is -0.0664. The number of thioether (sulfide) groups is 1. The summed E-state index contributed by atoms with van der Waals surface area (Å²) in [5.41, 5.74) is 0.731. The lowest BCUT2D eigenvalue weighted by molar-refractivity contribution is -0.134. The highest BCUT2D eigenvalue weighted by molar-refractivity contribution is 8.01. The Hall–Kier alpha value is -1.24. The van der Waals surface area contributed by atoms with E-state index in [1.54, 1.807) is 12.1 Å². The van der Waals surface area contributed by atoms with Crippen LogP contribution in [0.15, 0.2) is 23.1 Å². The van der Waals surface area contributed by atoms with Crippen LogP contribution in [0.25, 0.3) is 0 Å². The molecule has 2 N–H and O–H groups in total. The van der Waals surface area contributed by atoms with Crippen molar-refractivity contribution in [1.29, 1.82) is 0 Å². The largest absolute Gasteiger partial charge is 0.343 e. The van der Waals surface area contributed by atoms with Crippen LogP contribution in [0.2, 0.25) is 5.02 Å². The first-order valence-corrected chi connectivity index (χ1v) is 10.0. The molecule has 3 atom stereocenters. The summed E-state index contributed by atoms with van der Waals surface area (Å²) < 4.78 is 0. The molecule has 0 aliphatic carbocycles. The molecule has 1 aromatic rings. The van der Waals surface area contributed by atoms with Crippen molar-refractivity contribution in [2.75, 3.05) is 12.4 Å².